The maximum atomic E-state index is 12.1. The molecule has 0 aliphatic rings. The minimum absolute atomic E-state index is 0.313. The van der Waals surface area contributed by atoms with Crippen molar-refractivity contribution in [1.82, 2.24) is 10.3 Å². The molecule has 3 aromatic rings. The van der Waals surface area contributed by atoms with E-state index in [1.807, 2.05) is 30.3 Å². The predicted octanol–water partition coefficient (Wildman–Crippen LogP) is 3.24. The van der Waals surface area contributed by atoms with E-state index in [1.54, 1.807) is 30.3 Å². The van der Waals surface area contributed by atoms with Crippen molar-refractivity contribution < 1.29 is 19.1 Å². The van der Waals surface area contributed by atoms with Crippen LogP contribution in [0, 0.1) is 0 Å². The zero-order valence-electron chi connectivity index (χ0n) is 14.4. The largest absolute Gasteiger partial charge is 0.492 e. The molecule has 0 spiro atoms. The number of ether oxygens (including phenoxy) is 2. The summed E-state index contributed by atoms with van der Waals surface area (Å²) in [6.07, 6.45) is 0. The summed E-state index contributed by atoms with van der Waals surface area (Å²) in [7, 11) is 0. The third kappa shape index (κ3) is 5.43. The molecule has 2 aromatic carbocycles. The van der Waals surface area contributed by atoms with Crippen LogP contribution in [0.4, 0.5) is 0 Å². The zero-order chi connectivity index (χ0) is 19.1. The summed E-state index contributed by atoms with van der Waals surface area (Å²) in [6, 6.07) is 17.6. The highest BCUT2D eigenvalue weighted by Gasteiger charge is 2.11. The van der Waals surface area contributed by atoms with Crippen molar-refractivity contribution in [2.24, 2.45) is 0 Å². The van der Waals surface area contributed by atoms with E-state index in [9.17, 15) is 9.59 Å². The van der Waals surface area contributed by atoms with Gasteiger partial charge in [0.05, 0.1) is 17.6 Å². The van der Waals surface area contributed by atoms with Crippen LogP contribution >= 0.6 is 11.6 Å². The van der Waals surface area contributed by atoms with Gasteiger partial charge >= 0.3 is 5.97 Å². The highest BCUT2D eigenvalue weighted by molar-refractivity contribution is 6.29. The average molecular weight is 385 g/mol. The number of amides is 1. The second-order valence-electron chi connectivity index (χ2n) is 5.63. The highest BCUT2D eigenvalue weighted by Crippen LogP contribution is 2.17. The van der Waals surface area contributed by atoms with Gasteiger partial charge in [-0.1, -0.05) is 29.8 Å². The molecule has 1 amide bonds. The summed E-state index contributed by atoms with van der Waals surface area (Å²) in [5, 5.41) is 3.77. The van der Waals surface area contributed by atoms with Crippen molar-refractivity contribution in [3.05, 3.63) is 71.4 Å². The van der Waals surface area contributed by atoms with Crippen LogP contribution in [0.15, 0.2) is 60.7 Å². The first-order valence-corrected chi connectivity index (χ1v) is 8.67. The lowest BCUT2D eigenvalue weighted by molar-refractivity contribution is -0.124. The molecule has 1 aromatic heterocycles. The molecule has 0 saturated heterocycles. The number of nitrogens with zero attached hydrogens (tertiary/aromatic N) is 1. The molecule has 3 rings (SSSR count). The van der Waals surface area contributed by atoms with Gasteiger partial charge in [0.2, 0.25) is 0 Å². The number of carbonyl (C=O) groups is 2. The van der Waals surface area contributed by atoms with Gasteiger partial charge in [-0.15, -0.1) is 0 Å². The summed E-state index contributed by atoms with van der Waals surface area (Å²) >= 11 is 5.84. The van der Waals surface area contributed by atoms with Crippen molar-refractivity contribution >= 4 is 34.4 Å². The van der Waals surface area contributed by atoms with Crippen LogP contribution in [0.2, 0.25) is 5.15 Å². The summed E-state index contributed by atoms with van der Waals surface area (Å²) in [4.78, 5) is 28.0. The van der Waals surface area contributed by atoms with Crippen LogP contribution < -0.4 is 10.1 Å². The van der Waals surface area contributed by atoms with E-state index in [4.69, 9.17) is 21.1 Å². The number of nitrogens with one attached hydrogen (secondary N) is 1. The van der Waals surface area contributed by atoms with Crippen LogP contribution in [0.25, 0.3) is 10.9 Å². The maximum absolute atomic E-state index is 12.1. The normalized spacial score (nSPS) is 10.4. The Labute approximate surface area is 161 Å². The minimum Gasteiger partial charge on any atom is -0.492 e. The molecule has 6 nitrogen and oxygen atoms in total. The molecule has 0 radical (unpaired) electrons. The van der Waals surface area contributed by atoms with Gasteiger partial charge in [-0.3, -0.25) is 4.79 Å². The predicted molar refractivity (Wildman–Crippen MR) is 102 cm³/mol. The maximum Gasteiger partial charge on any atom is 0.338 e. The lowest BCUT2D eigenvalue weighted by atomic mass is 10.1. The Morgan fingerprint density at radius 2 is 1.85 bits per heavy atom. The monoisotopic (exact) mass is 384 g/mol. The number of fused-ring (bicyclic) bond motifs is 1. The van der Waals surface area contributed by atoms with Gasteiger partial charge in [0, 0.05) is 5.39 Å². The number of aromatic nitrogens is 1. The lowest BCUT2D eigenvalue weighted by Gasteiger charge is -2.08. The van der Waals surface area contributed by atoms with Gasteiger partial charge in [-0.05, 0) is 42.5 Å². The Hall–Kier alpha value is -3.12. The molecule has 27 heavy (non-hydrogen) atoms. The van der Waals surface area contributed by atoms with Crippen LogP contribution in [0.1, 0.15) is 10.4 Å². The fraction of sp³-hybridized carbons (Fsp3) is 0.150. The van der Waals surface area contributed by atoms with E-state index < -0.39 is 11.9 Å². The van der Waals surface area contributed by atoms with Crippen LogP contribution in [-0.4, -0.2) is 36.6 Å². The topological polar surface area (TPSA) is 77.5 Å². The van der Waals surface area contributed by atoms with Crippen molar-refractivity contribution in [3.8, 4) is 5.75 Å². The molecule has 0 bridgehead atoms. The highest BCUT2D eigenvalue weighted by atomic mass is 35.5. The van der Waals surface area contributed by atoms with Crippen molar-refractivity contribution in [3.63, 3.8) is 0 Å². The van der Waals surface area contributed by atoms with E-state index in [1.165, 1.54) is 0 Å². The van der Waals surface area contributed by atoms with E-state index in [0.717, 1.165) is 11.1 Å². The first-order chi connectivity index (χ1) is 13.1. The number of esters is 1. The van der Waals surface area contributed by atoms with E-state index in [-0.39, 0.29) is 6.61 Å². The van der Waals surface area contributed by atoms with E-state index in [2.05, 4.69) is 10.3 Å². The van der Waals surface area contributed by atoms with Crippen molar-refractivity contribution in [2.75, 3.05) is 19.8 Å². The smallest absolute Gasteiger partial charge is 0.338 e. The van der Waals surface area contributed by atoms with Crippen molar-refractivity contribution in [1.29, 1.82) is 0 Å². The third-order valence-corrected chi connectivity index (χ3v) is 3.87. The molecule has 0 fully saturated rings. The molecule has 0 aliphatic heterocycles. The molecule has 7 heteroatoms. The first-order valence-electron chi connectivity index (χ1n) is 8.30. The summed E-state index contributed by atoms with van der Waals surface area (Å²) < 4.78 is 10.5. The molecular weight excluding hydrogens is 368 g/mol. The van der Waals surface area contributed by atoms with Gasteiger partial charge in [-0.25, -0.2) is 9.78 Å². The Morgan fingerprint density at radius 3 is 2.67 bits per heavy atom. The Morgan fingerprint density at radius 1 is 1.04 bits per heavy atom. The Balaban J connectivity index is 1.43. The van der Waals surface area contributed by atoms with Crippen LogP contribution in [-0.2, 0) is 9.53 Å². The fourth-order valence-corrected chi connectivity index (χ4v) is 2.52. The molecular formula is C20H17ClN2O4. The second kappa shape index (κ2) is 9.00. The minimum atomic E-state index is -0.581. The first kappa shape index (κ1) is 18.7. The number of para-hydroxylation sites is 1. The number of halogens is 1. The fourth-order valence-electron chi connectivity index (χ4n) is 2.37. The quantitative estimate of drug-likeness (QED) is 0.384. The summed E-state index contributed by atoms with van der Waals surface area (Å²) in [6.45, 7) is 0.276. The number of hydrogen-bond acceptors (Lipinski definition) is 5. The van der Waals surface area contributed by atoms with Crippen LogP contribution in [0.3, 0.4) is 0 Å². The Bertz CT molecular complexity index is 947. The third-order valence-electron chi connectivity index (χ3n) is 3.66. The SMILES string of the molecule is O=C(COC(=O)c1ccc2nc(Cl)ccc2c1)NCCOc1ccccc1. The van der Waals surface area contributed by atoms with Gasteiger partial charge in [-0.2, -0.15) is 0 Å². The molecule has 0 atom stereocenters. The standard InChI is InChI=1S/C20H17ClN2O4/c21-18-9-7-14-12-15(6-8-17(14)23-18)20(25)27-13-19(24)22-10-11-26-16-4-2-1-3-5-16/h1-9,12H,10-11,13H2,(H,22,24). The molecule has 138 valence electrons. The summed E-state index contributed by atoms with van der Waals surface area (Å²) in [5.41, 5.74) is 1.02. The average Bonchev–Trinajstić information content (AvgIpc) is 2.69. The molecule has 0 aliphatic carbocycles. The zero-order valence-corrected chi connectivity index (χ0v) is 15.1. The molecule has 1 N–H and O–H groups in total. The lowest BCUT2D eigenvalue weighted by Crippen LogP contribution is -2.32. The Kier molecular flexibility index (Phi) is 6.22. The van der Waals surface area contributed by atoms with E-state index >= 15 is 0 Å². The van der Waals surface area contributed by atoms with Gasteiger partial charge in [0.1, 0.15) is 17.5 Å². The molecule has 0 saturated carbocycles. The summed E-state index contributed by atoms with van der Waals surface area (Å²) in [5.74, 6) is -0.248. The number of pyridine rings is 1. The number of rotatable bonds is 7. The van der Waals surface area contributed by atoms with Gasteiger partial charge in [0.25, 0.3) is 5.91 Å². The van der Waals surface area contributed by atoms with Crippen LogP contribution in [0.5, 0.6) is 5.75 Å². The van der Waals surface area contributed by atoms with Gasteiger partial charge in [0.15, 0.2) is 6.61 Å². The second-order valence-corrected chi connectivity index (χ2v) is 6.02. The van der Waals surface area contributed by atoms with Crippen molar-refractivity contribution in [2.45, 2.75) is 0 Å². The van der Waals surface area contributed by atoms with E-state index in [0.29, 0.717) is 29.4 Å². The molecule has 0 unspecified atom stereocenters. The number of carbonyl (C=O) groups excluding carboxylic acids is 2. The number of benzene rings is 2. The number of hydrogen-bond donors (Lipinski definition) is 1. The molecule has 1 heterocycles. The van der Waals surface area contributed by atoms with Gasteiger partial charge < -0.3 is 14.8 Å².